The quantitative estimate of drug-likeness (QED) is 0.230. The summed E-state index contributed by atoms with van der Waals surface area (Å²) in [5.74, 6) is 7.84. The van der Waals surface area contributed by atoms with E-state index in [4.69, 9.17) is 10.8 Å². The molecule has 1 rings (SSSR count). The summed E-state index contributed by atoms with van der Waals surface area (Å²) < 4.78 is 4.29. The molecule has 0 radical (unpaired) electrons. The lowest BCUT2D eigenvalue weighted by molar-refractivity contribution is -0.157. The van der Waals surface area contributed by atoms with Crippen LogP contribution in [-0.2, 0) is 14.3 Å². The molecule has 0 aromatic carbocycles. The molecule has 7 N–H and O–H groups in total. The Labute approximate surface area is 82.2 Å². The van der Waals surface area contributed by atoms with Crippen molar-refractivity contribution in [3.63, 3.8) is 0 Å². The number of rotatable bonds is 3. The van der Waals surface area contributed by atoms with Gasteiger partial charge in [-0.15, -0.1) is 0 Å². The minimum Gasteiger partial charge on any atom is -0.465 e. The lowest BCUT2D eigenvalue weighted by Gasteiger charge is -2.09. The average Bonchev–Trinajstić information content (AvgIpc) is 2.19. The molecule has 0 saturated carbocycles. The Morgan fingerprint density at radius 2 is 1.93 bits per heavy atom. The lowest BCUT2D eigenvalue weighted by Crippen LogP contribution is -2.18. The van der Waals surface area contributed by atoms with E-state index < -0.39 is 0 Å². The van der Waals surface area contributed by atoms with E-state index in [2.05, 4.69) is 16.4 Å². The number of ether oxygens (including phenoxy) is 1. The molecule has 0 atom stereocenters. The van der Waals surface area contributed by atoms with E-state index in [9.17, 15) is 9.59 Å². The number of cyclic esters (lactones) is 1. The van der Waals surface area contributed by atoms with Crippen LogP contribution in [0.1, 0.15) is 12.8 Å². The van der Waals surface area contributed by atoms with Crippen molar-refractivity contribution in [2.45, 2.75) is 12.8 Å². The summed E-state index contributed by atoms with van der Waals surface area (Å²) in [5, 5.41) is 8.09. The molecular formula is C7H17N3O4. The highest BCUT2D eigenvalue weighted by Gasteiger charge is 2.10. The summed E-state index contributed by atoms with van der Waals surface area (Å²) in [5.41, 5.74) is 4.90. The topological polar surface area (TPSA) is 142 Å². The third-order valence-corrected chi connectivity index (χ3v) is 1.19. The van der Waals surface area contributed by atoms with Gasteiger partial charge in [0.2, 0.25) is 0 Å². The van der Waals surface area contributed by atoms with Crippen LogP contribution in [0, 0.1) is 0 Å². The van der Waals surface area contributed by atoms with Gasteiger partial charge in [-0.05, 0) is 0 Å². The molecular weight excluding hydrogens is 190 g/mol. The van der Waals surface area contributed by atoms with Crippen molar-refractivity contribution in [2.24, 2.45) is 17.4 Å². The van der Waals surface area contributed by atoms with Gasteiger partial charge in [0.15, 0.2) is 0 Å². The Hall–Kier alpha value is -1.02. The van der Waals surface area contributed by atoms with E-state index in [1.165, 1.54) is 0 Å². The molecule has 0 spiro atoms. The van der Waals surface area contributed by atoms with Gasteiger partial charge in [-0.1, -0.05) is 0 Å². The fourth-order valence-corrected chi connectivity index (χ4v) is 0.412. The summed E-state index contributed by atoms with van der Waals surface area (Å²) in [7, 11) is 0. The highest BCUT2D eigenvalue weighted by Crippen LogP contribution is 1.97. The van der Waals surface area contributed by atoms with Gasteiger partial charge in [0.05, 0.1) is 19.6 Å². The molecule has 7 nitrogen and oxygen atoms in total. The van der Waals surface area contributed by atoms with Gasteiger partial charge in [-0.3, -0.25) is 21.3 Å². The van der Waals surface area contributed by atoms with Gasteiger partial charge in [0.1, 0.15) is 12.4 Å². The molecule has 1 fully saturated rings. The van der Waals surface area contributed by atoms with Gasteiger partial charge in [-0.2, -0.15) is 0 Å². The first-order valence-corrected chi connectivity index (χ1v) is 4.02. The molecule has 1 aliphatic rings. The van der Waals surface area contributed by atoms with Gasteiger partial charge < -0.3 is 15.6 Å². The van der Waals surface area contributed by atoms with Crippen molar-refractivity contribution in [3.05, 3.63) is 0 Å². The normalized spacial score (nSPS) is 12.1. The van der Waals surface area contributed by atoms with Crippen molar-refractivity contribution < 1.29 is 19.4 Å². The number of hydrazine groups is 1. The predicted molar refractivity (Wildman–Crippen MR) is 49.7 cm³/mol. The van der Waals surface area contributed by atoms with Crippen molar-refractivity contribution in [1.29, 1.82) is 0 Å². The number of aliphatic hydroxyl groups excluding tert-OH is 1. The monoisotopic (exact) mass is 207 g/mol. The lowest BCUT2D eigenvalue weighted by atomic mass is 10.3. The number of nitrogens with two attached hydrogens (primary N) is 3. The van der Waals surface area contributed by atoms with E-state index in [1.54, 1.807) is 0 Å². The third kappa shape index (κ3) is 11.0. The van der Waals surface area contributed by atoms with E-state index in [1.807, 2.05) is 0 Å². The van der Waals surface area contributed by atoms with Crippen molar-refractivity contribution >= 4 is 11.8 Å². The largest absolute Gasteiger partial charge is 0.465 e. The number of aliphatic hydroxyl groups is 1. The first kappa shape index (κ1) is 15.5. The van der Waals surface area contributed by atoms with E-state index >= 15 is 0 Å². The van der Waals surface area contributed by atoms with Crippen LogP contribution < -0.4 is 17.4 Å². The molecule has 14 heavy (non-hydrogen) atoms. The van der Waals surface area contributed by atoms with Crippen molar-refractivity contribution in [3.8, 4) is 0 Å². The smallest absolute Gasteiger partial charge is 0.309 e. The summed E-state index contributed by atoms with van der Waals surface area (Å²) in [6, 6.07) is 0. The maximum absolute atomic E-state index is 10.1. The Kier molecular flexibility index (Phi) is 13.2. The molecule has 1 aliphatic heterocycles. The number of hydrogen-bond acceptors (Lipinski definition) is 7. The maximum Gasteiger partial charge on any atom is 0.309 e. The van der Waals surface area contributed by atoms with E-state index in [0.717, 1.165) is 0 Å². The number of carbonyl (C=O) groups is 2. The zero-order valence-corrected chi connectivity index (χ0v) is 7.94. The number of Topliss-reactive ketones (excluding diaryl/α,β-unsaturated/α-hetero) is 1. The van der Waals surface area contributed by atoms with Crippen LogP contribution in [0.2, 0.25) is 0 Å². The minimum atomic E-state index is -0.0949. The highest BCUT2D eigenvalue weighted by molar-refractivity contribution is 5.80. The zero-order valence-electron chi connectivity index (χ0n) is 7.94. The van der Waals surface area contributed by atoms with Crippen LogP contribution in [0.5, 0.6) is 0 Å². The van der Waals surface area contributed by atoms with Crippen LogP contribution in [0.3, 0.4) is 0 Å². The second kappa shape index (κ2) is 12.0. The Morgan fingerprint density at radius 1 is 1.50 bits per heavy atom. The fraction of sp³-hybridized carbons (Fsp3) is 0.714. The zero-order chi connectivity index (χ0) is 11.4. The summed E-state index contributed by atoms with van der Waals surface area (Å²) >= 11 is 0. The summed E-state index contributed by atoms with van der Waals surface area (Å²) in [6.07, 6.45) is 0.816. The van der Waals surface area contributed by atoms with Crippen LogP contribution in [0.15, 0.2) is 0 Å². The molecule has 0 aromatic rings. The first-order chi connectivity index (χ1) is 6.70. The Bertz CT molecular complexity index is 157. The molecule has 7 heteroatoms. The second-order valence-corrected chi connectivity index (χ2v) is 2.19. The summed E-state index contributed by atoms with van der Waals surface area (Å²) in [4.78, 5) is 19.8. The molecule has 0 aliphatic carbocycles. The maximum atomic E-state index is 10.1. The Morgan fingerprint density at radius 3 is 2.00 bits per heavy atom. The molecule has 0 unspecified atom stereocenters. The molecule has 1 heterocycles. The highest BCUT2D eigenvalue weighted by atomic mass is 16.6. The minimum absolute atomic E-state index is 0.0422. The predicted octanol–water partition coefficient (Wildman–Crippen LogP) is -2.35. The third-order valence-electron chi connectivity index (χ3n) is 1.19. The number of ketones is 1. The number of esters is 1. The van der Waals surface area contributed by atoms with Gasteiger partial charge in [-0.25, -0.2) is 0 Å². The van der Waals surface area contributed by atoms with Crippen molar-refractivity contribution in [2.75, 3.05) is 19.8 Å². The van der Waals surface area contributed by atoms with Crippen LogP contribution in [0.4, 0.5) is 0 Å². The number of carbonyl (C=O) groups excluding carboxylic acids is 2. The van der Waals surface area contributed by atoms with E-state index in [-0.39, 0.29) is 31.3 Å². The van der Waals surface area contributed by atoms with Crippen LogP contribution in [-0.4, -0.2) is 36.6 Å². The van der Waals surface area contributed by atoms with Gasteiger partial charge in [0.25, 0.3) is 0 Å². The summed E-state index contributed by atoms with van der Waals surface area (Å²) in [6.45, 7) is 0.593. The molecule has 0 aromatic heterocycles. The SMILES string of the molecule is NCC(=O)CCO.NN.O=C1CCO1. The standard InChI is InChI=1S/C4H9NO2.C3H4O2.H4N2/c5-3-4(7)1-2-6;4-3-1-2-5-3;1-2/h6H,1-3,5H2;1-2H2;1-2H2. The second-order valence-electron chi connectivity index (χ2n) is 2.19. The molecule has 1 saturated heterocycles. The average molecular weight is 207 g/mol. The molecule has 84 valence electrons. The molecule has 0 bridgehead atoms. The fourth-order valence-electron chi connectivity index (χ4n) is 0.412. The van der Waals surface area contributed by atoms with E-state index in [0.29, 0.717) is 13.0 Å². The number of hydrogen-bond donors (Lipinski definition) is 4. The van der Waals surface area contributed by atoms with Crippen LogP contribution in [0.25, 0.3) is 0 Å². The first-order valence-electron chi connectivity index (χ1n) is 4.02. The Balaban J connectivity index is 0. The van der Waals surface area contributed by atoms with Crippen molar-refractivity contribution in [1.82, 2.24) is 0 Å². The van der Waals surface area contributed by atoms with Gasteiger partial charge >= 0.3 is 5.97 Å². The van der Waals surface area contributed by atoms with Crippen LogP contribution >= 0.6 is 0 Å². The van der Waals surface area contributed by atoms with Gasteiger partial charge in [0, 0.05) is 6.42 Å². The molecule has 0 amide bonds.